The predicted octanol–water partition coefficient (Wildman–Crippen LogP) is 4.00. The molecule has 1 heterocycles. The number of aromatic amines is 1. The Bertz CT molecular complexity index is 280. The van der Waals surface area contributed by atoms with Gasteiger partial charge in [-0.1, -0.05) is 33.1 Å². The first-order valence-corrected chi connectivity index (χ1v) is 6.44. The van der Waals surface area contributed by atoms with Gasteiger partial charge in [0.15, 0.2) is 0 Å². The molecule has 3 nitrogen and oxygen atoms in total. The number of hydrogen-bond acceptors (Lipinski definition) is 1. The Balaban J connectivity index is 0.000000354. The molecule has 0 aliphatic heterocycles. The summed E-state index contributed by atoms with van der Waals surface area (Å²) >= 11 is 0. The molecule has 0 fully saturated rings. The number of carboxylic acid groups (broad SMARTS) is 1. The molecule has 1 atom stereocenters. The topological polar surface area (TPSA) is 53.1 Å². The predicted molar refractivity (Wildman–Crippen MR) is 71.1 cm³/mol. The van der Waals surface area contributed by atoms with Gasteiger partial charge < -0.3 is 10.1 Å². The SMILES string of the molecule is CCCCCC(CC)C(=O)O.Cc1cc[nH]c1. The molecular weight excluding hydrogens is 214 g/mol. The molecule has 0 spiro atoms. The summed E-state index contributed by atoms with van der Waals surface area (Å²) in [6.07, 6.45) is 8.86. The van der Waals surface area contributed by atoms with Gasteiger partial charge in [0.1, 0.15) is 0 Å². The third-order valence-corrected chi connectivity index (χ3v) is 2.75. The van der Waals surface area contributed by atoms with Crippen LogP contribution >= 0.6 is 0 Å². The van der Waals surface area contributed by atoms with E-state index in [0.29, 0.717) is 0 Å². The first-order valence-electron chi connectivity index (χ1n) is 6.44. The Hall–Kier alpha value is -1.25. The minimum atomic E-state index is -0.636. The van der Waals surface area contributed by atoms with Crippen molar-refractivity contribution in [2.75, 3.05) is 0 Å². The van der Waals surface area contributed by atoms with E-state index in [1.54, 1.807) is 0 Å². The number of H-pyrrole nitrogens is 1. The molecule has 0 aliphatic rings. The van der Waals surface area contributed by atoms with Crippen molar-refractivity contribution in [1.29, 1.82) is 0 Å². The number of carboxylic acids is 1. The molecule has 1 rings (SSSR count). The molecule has 0 amide bonds. The van der Waals surface area contributed by atoms with E-state index in [4.69, 9.17) is 5.11 Å². The van der Waals surface area contributed by atoms with Crippen molar-refractivity contribution in [3.63, 3.8) is 0 Å². The molecule has 3 heteroatoms. The van der Waals surface area contributed by atoms with Crippen molar-refractivity contribution in [3.05, 3.63) is 24.0 Å². The Kier molecular flexibility index (Phi) is 9.21. The molecule has 1 unspecified atom stereocenters. The second-order valence-corrected chi connectivity index (χ2v) is 4.33. The second kappa shape index (κ2) is 9.94. The zero-order valence-corrected chi connectivity index (χ0v) is 11.2. The minimum Gasteiger partial charge on any atom is -0.481 e. The lowest BCUT2D eigenvalue weighted by atomic mass is 9.99. The standard InChI is InChI=1S/C9H18O2.C5H7N/c1-3-5-6-7-8(4-2)9(10)11;1-5-2-3-6-4-5/h8H,3-7H2,1-2H3,(H,10,11);2-4,6H,1H3. The highest BCUT2D eigenvalue weighted by Crippen LogP contribution is 2.13. The third-order valence-electron chi connectivity index (χ3n) is 2.75. The lowest BCUT2D eigenvalue weighted by molar-refractivity contribution is -0.142. The van der Waals surface area contributed by atoms with Crippen LogP contribution in [-0.2, 0) is 4.79 Å². The molecule has 2 N–H and O–H groups in total. The van der Waals surface area contributed by atoms with E-state index in [9.17, 15) is 4.79 Å². The largest absolute Gasteiger partial charge is 0.481 e. The Morgan fingerprint density at radius 1 is 1.41 bits per heavy atom. The van der Waals surface area contributed by atoms with Gasteiger partial charge in [-0.3, -0.25) is 4.79 Å². The van der Waals surface area contributed by atoms with Crippen LogP contribution in [0.15, 0.2) is 18.5 Å². The van der Waals surface area contributed by atoms with Gasteiger partial charge in [-0.25, -0.2) is 0 Å². The Labute approximate surface area is 104 Å². The van der Waals surface area contributed by atoms with Crippen LogP contribution in [0, 0.1) is 12.8 Å². The summed E-state index contributed by atoms with van der Waals surface area (Å²) in [5, 5.41) is 8.67. The fourth-order valence-corrected chi connectivity index (χ4v) is 1.55. The zero-order chi connectivity index (χ0) is 13.1. The molecule has 0 saturated carbocycles. The van der Waals surface area contributed by atoms with E-state index in [1.165, 1.54) is 5.56 Å². The highest BCUT2D eigenvalue weighted by Gasteiger charge is 2.13. The van der Waals surface area contributed by atoms with Crippen molar-refractivity contribution in [2.24, 2.45) is 5.92 Å². The maximum atomic E-state index is 10.5. The minimum absolute atomic E-state index is 0.110. The van der Waals surface area contributed by atoms with Gasteiger partial charge in [0.05, 0.1) is 5.92 Å². The van der Waals surface area contributed by atoms with E-state index in [2.05, 4.69) is 18.8 Å². The number of aliphatic carboxylic acids is 1. The highest BCUT2D eigenvalue weighted by atomic mass is 16.4. The summed E-state index contributed by atoms with van der Waals surface area (Å²) in [7, 11) is 0. The molecule has 98 valence electrons. The monoisotopic (exact) mass is 239 g/mol. The molecular formula is C14H25NO2. The molecule has 17 heavy (non-hydrogen) atoms. The zero-order valence-electron chi connectivity index (χ0n) is 11.2. The summed E-state index contributed by atoms with van der Waals surface area (Å²) in [4.78, 5) is 13.5. The average Bonchev–Trinajstić information content (AvgIpc) is 2.76. The van der Waals surface area contributed by atoms with Crippen LogP contribution in [0.25, 0.3) is 0 Å². The third kappa shape index (κ3) is 8.55. The van der Waals surface area contributed by atoms with E-state index in [-0.39, 0.29) is 5.92 Å². The normalized spacial score (nSPS) is 11.5. The lowest BCUT2D eigenvalue weighted by Crippen LogP contribution is -2.12. The van der Waals surface area contributed by atoms with E-state index < -0.39 is 5.97 Å². The van der Waals surface area contributed by atoms with E-state index >= 15 is 0 Å². The van der Waals surface area contributed by atoms with Gasteiger partial charge in [0, 0.05) is 12.4 Å². The maximum Gasteiger partial charge on any atom is 0.306 e. The average molecular weight is 239 g/mol. The molecule has 0 radical (unpaired) electrons. The summed E-state index contributed by atoms with van der Waals surface area (Å²) in [5.74, 6) is -0.745. The number of aryl methyl sites for hydroxylation is 1. The van der Waals surface area contributed by atoms with Crippen LogP contribution in [0.2, 0.25) is 0 Å². The number of rotatable bonds is 6. The molecule has 0 bridgehead atoms. The van der Waals surface area contributed by atoms with Crippen LogP contribution < -0.4 is 0 Å². The quantitative estimate of drug-likeness (QED) is 0.737. The van der Waals surface area contributed by atoms with E-state index in [0.717, 1.165) is 32.1 Å². The molecule has 0 saturated heterocycles. The lowest BCUT2D eigenvalue weighted by Gasteiger charge is -2.07. The molecule has 1 aromatic heterocycles. The molecule has 0 aromatic carbocycles. The maximum absolute atomic E-state index is 10.5. The first kappa shape index (κ1) is 15.8. The van der Waals surface area contributed by atoms with Gasteiger partial charge in [0.2, 0.25) is 0 Å². The molecule has 1 aromatic rings. The number of aromatic nitrogens is 1. The first-order chi connectivity index (χ1) is 8.11. The Morgan fingerprint density at radius 3 is 2.41 bits per heavy atom. The fourth-order valence-electron chi connectivity index (χ4n) is 1.55. The van der Waals surface area contributed by atoms with Gasteiger partial charge in [-0.05, 0) is 31.4 Å². The Morgan fingerprint density at radius 2 is 2.12 bits per heavy atom. The smallest absolute Gasteiger partial charge is 0.306 e. The van der Waals surface area contributed by atoms with Gasteiger partial charge >= 0.3 is 5.97 Å². The number of unbranched alkanes of at least 4 members (excludes halogenated alkanes) is 2. The van der Waals surface area contributed by atoms with Gasteiger partial charge in [0.25, 0.3) is 0 Å². The van der Waals surface area contributed by atoms with Crippen molar-refractivity contribution in [3.8, 4) is 0 Å². The van der Waals surface area contributed by atoms with E-state index in [1.807, 2.05) is 25.4 Å². The second-order valence-electron chi connectivity index (χ2n) is 4.33. The molecule has 0 aliphatic carbocycles. The summed E-state index contributed by atoms with van der Waals surface area (Å²) < 4.78 is 0. The van der Waals surface area contributed by atoms with Crippen molar-refractivity contribution in [2.45, 2.75) is 52.9 Å². The fraction of sp³-hybridized carbons (Fsp3) is 0.643. The van der Waals surface area contributed by atoms with Crippen molar-refractivity contribution >= 4 is 5.97 Å². The summed E-state index contributed by atoms with van der Waals surface area (Å²) in [6, 6.07) is 2.03. The summed E-state index contributed by atoms with van der Waals surface area (Å²) in [6.45, 7) is 6.11. The number of hydrogen-bond donors (Lipinski definition) is 2. The van der Waals surface area contributed by atoms with Crippen LogP contribution in [0.1, 0.15) is 51.5 Å². The number of nitrogens with one attached hydrogen (secondary N) is 1. The van der Waals surface area contributed by atoms with Crippen molar-refractivity contribution in [1.82, 2.24) is 4.98 Å². The van der Waals surface area contributed by atoms with Crippen LogP contribution in [0.4, 0.5) is 0 Å². The summed E-state index contributed by atoms with van der Waals surface area (Å²) in [5.41, 5.74) is 1.29. The number of carbonyl (C=O) groups is 1. The van der Waals surface area contributed by atoms with Crippen molar-refractivity contribution < 1.29 is 9.90 Å². The van der Waals surface area contributed by atoms with Gasteiger partial charge in [-0.15, -0.1) is 0 Å². The highest BCUT2D eigenvalue weighted by molar-refractivity contribution is 5.69. The van der Waals surface area contributed by atoms with Crippen LogP contribution in [0.3, 0.4) is 0 Å². The van der Waals surface area contributed by atoms with Gasteiger partial charge in [-0.2, -0.15) is 0 Å². The van der Waals surface area contributed by atoms with Crippen LogP contribution in [-0.4, -0.2) is 16.1 Å². The van der Waals surface area contributed by atoms with Crippen LogP contribution in [0.5, 0.6) is 0 Å².